The summed E-state index contributed by atoms with van der Waals surface area (Å²) in [7, 11) is 1.57. The maximum absolute atomic E-state index is 13.1. The van der Waals surface area contributed by atoms with Crippen LogP contribution in [0.3, 0.4) is 0 Å². The molecule has 0 aliphatic rings. The molecule has 0 aliphatic carbocycles. The van der Waals surface area contributed by atoms with Gasteiger partial charge in [-0.05, 0) is 24.3 Å². The van der Waals surface area contributed by atoms with Crippen molar-refractivity contribution in [2.45, 2.75) is 6.54 Å². The maximum atomic E-state index is 13.1. The molecule has 20 heavy (non-hydrogen) atoms. The highest BCUT2D eigenvalue weighted by Crippen LogP contribution is 2.21. The van der Waals surface area contributed by atoms with Crippen LogP contribution in [0.2, 0.25) is 0 Å². The second-order valence-electron chi connectivity index (χ2n) is 4.16. The Morgan fingerprint density at radius 3 is 2.75 bits per heavy atom. The van der Waals surface area contributed by atoms with Gasteiger partial charge in [-0.15, -0.1) is 0 Å². The summed E-state index contributed by atoms with van der Waals surface area (Å²) in [4.78, 5) is 11.1. The van der Waals surface area contributed by atoms with Crippen molar-refractivity contribution in [2.75, 3.05) is 12.4 Å². The molecule has 2 rings (SSSR count). The van der Waals surface area contributed by atoms with E-state index in [4.69, 9.17) is 9.84 Å². The Bertz CT molecular complexity index is 628. The van der Waals surface area contributed by atoms with Crippen molar-refractivity contribution in [1.29, 1.82) is 0 Å². The largest absolute Gasteiger partial charge is 0.496 e. The highest BCUT2D eigenvalue weighted by molar-refractivity contribution is 5.94. The van der Waals surface area contributed by atoms with E-state index < -0.39 is 11.8 Å². The van der Waals surface area contributed by atoms with Crippen molar-refractivity contribution >= 4 is 11.7 Å². The Hall–Kier alpha value is -2.56. The van der Waals surface area contributed by atoms with Gasteiger partial charge in [0, 0.05) is 17.8 Å². The average Bonchev–Trinajstić information content (AvgIpc) is 2.46. The molecule has 104 valence electrons. The first-order valence-electron chi connectivity index (χ1n) is 6.00. The molecule has 5 heteroatoms. The number of ether oxygens (including phenoxy) is 1. The van der Waals surface area contributed by atoms with Crippen LogP contribution in [0.5, 0.6) is 5.75 Å². The number of para-hydroxylation sites is 1. The van der Waals surface area contributed by atoms with Gasteiger partial charge in [0.1, 0.15) is 11.6 Å². The molecule has 0 aromatic heterocycles. The number of hydrogen-bond acceptors (Lipinski definition) is 3. The number of methoxy groups -OCH3 is 1. The minimum atomic E-state index is -1.17. The van der Waals surface area contributed by atoms with Crippen LogP contribution in [-0.4, -0.2) is 18.2 Å². The van der Waals surface area contributed by atoms with E-state index in [0.717, 1.165) is 11.6 Å². The lowest BCUT2D eigenvalue weighted by molar-refractivity contribution is 0.0697. The van der Waals surface area contributed by atoms with Crippen molar-refractivity contribution in [3.05, 3.63) is 59.4 Å². The van der Waals surface area contributed by atoms with Crippen LogP contribution in [0.15, 0.2) is 42.5 Å². The molecule has 0 unspecified atom stereocenters. The van der Waals surface area contributed by atoms with Gasteiger partial charge >= 0.3 is 5.97 Å². The van der Waals surface area contributed by atoms with Gasteiger partial charge in [0.15, 0.2) is 0 Å². The molecule has 2 aromatic rings. The van der Waals surface area contributed by atoms with E-state index >= 15 is 0 Å². The number of hydrogen-bond donors (Lipinski definition) is 2. The molecule has 0 spiro atoms. The van der Waals surface area contributed by atoms with Crippen LogP contribution >= 0.6 is 0 Å². The van der Waals surface area contributed by atoms with Crippen LogP contribution in [0, 0.1) is 5.82 Å². The Morgan fingerprint density at radius 2 is 2.05 bits per heavy atom. The lowest BCUT2D eigenvalue weighted by Gasteiger charge is -2.12. The lowest BCUT2D eigenvalue weighted by atomic mass is 10.1. The minimum absolute atomic E-state index is 0.0973. The summed E-state index contributed by atoms with van der Waals surface area (Å²) in [5, 5.41) is 12.0. The molecule has 0 aliphatic heterocycles. The fourth-order valence-corrected chi connectivity index (χ4v) is 1.89. The predicted octanol–water partition coefficient (Wildman–Crippen LogP) is 3.14. The van der Waals surface area contributed by atoms with Gasteiger partial charge in [-0.1, -0.05) is 18.2 Å². The Morgan fingerprint density at radius 1 is 1.30 bits per heavy atom. The predicted molar refractivity (Wildman–Crippen MR) is 73.7 cm³/mol. The number of nitrogens with one attached hydrogen (secondary N) is 1. The van der Waals surface area contributed by atoms with Crippen molar-refractivity contribution in [3.63, 3.8) is 0 Å². The number of aromatic carboxylic acids is 1. The first-order chi connectivity index (χ1) is 9.61. The van der Waals surface area contributed by atoms with Crippen LogP contribution in [0.1, 0.15) is 15.9 Å². The van der Waals surface area contributed by atoms with Crippen molar-refractivity contribution < 1.29 is 19.0 Å². The summed E-state index contributed by atoms with van der Waals surface area (Å²) >= 11 is 0. The van der Waals surface area contributed by atoms with Gasteiger partial charge in [0.25, 0.3) is 0 Å². The second kappa shape index (κ2) is 6.06. The first-order valence-corrected chi connectivity index (χ1v) is 6.00. The lowest BCUT2D eigenvalue weighted by Crippen LogP contribution is -2.07. The third kappa shape index (κ3) is 3.06. The number of carbonyl (C=O) groups is 1. The van der Waals surface area contributed by atoms with Crippen LogP contribution in [0.25, 0.3) is 0 Å². The number of anilines is 1. The maximum Gasteiger partial charge on any atom is 0.337 e. The highest BCUT2D eigenvalue weighted by atomic mass is 19.1. The SMILES string of the molecule is COc1ccccc1CNc1ccc(F)cc1C(=O)O. The molecular formula is C15H14FNO3. The third-order valence-corrected chi connectivity index (χ3v) is 2.87. The van der Waals surface area contributed by atoms with Gasteiger partial charge < -0.3 is 15.2 Å². The molecule has 0 heterocycles. The molecule has 0 saturated heterocycles. The smallest absolute Gasteiger partial charge is 0.337 e. The fraction of sp³-hybridized carbons (Fsp3) is 0.133. The first kappa shape index (κ1) is 13.9. The van der Waals surface area contributed by atoms with E-state index in [9.17, 15) is 9.18 Å². The van der Waals surface area contributed by atoms with Gasteiger partial charge in [-0.2, -0.15) is 0 Å². The fourth-order valence-electron chi connectivity index (χ4n) is 1.89. The van der Waals surface area contributed by atoms with Gasteiger partial charge in [0.05, 0.1) is 12.7 Å². The standard InChI is InChI=1S/C15H14FNO3/c1-20-14-5-3-2-4-10(14)9-17-13-7-6-11(16)8-12(13)15(18)19/h2-8,17H,9H2,1H3,(H,18,19). The van der Waals surface area contributed by atoms with Crippen molar-refractivity contribution in [1.82, 2.24) is 0 Å². The minimum Gasteiger partial charge on any atom is -0.496 e. The third-order valence-electron chi connectivity index (χ3n) is 2.87. The molecular weight excluding hydrogens is 261 g/mol. The van der Waals surface area contributed by atoms with Crippen LogP contribution in [0.4, 0.5) is 10.1 Å². The van der Waals surface area contributed by atoms with E-state index in [-0.39, 0.29) is 5.56 Å². The molecule has 0 atom stereocenters. The second-order valence-corrected chi connectivity index (χ2v) is 4.16. The number of rotatable bonds is 5. The van der Waals surface area contributed by atoms with E-state index in [0.29, 0.717) is 18.0 Å². The van der Waals surface area contributed by atoms with Gasteiger partial charge in [0.2, 0.25) is 0 Å². The van der Waals surface area contributed by atoms with Crippen molar-refractivity contribution in [2.24, 2.45) is 0 Å². The zero-order valence-electron chi connectivity index (χ0n) is 10.9. The van der Waals surface area contributed by atoms with Crippen LogP contribution < -0.4 is 10.1 Å². The van der Waals surface area contributed by atoms with E-state index in [1.807, 2.05) is 24.3 Å². The summed E-state index contributed by atoms with van der Waals surface area (Å²) in [6.45, 7) is 0.385. The molecule has 0 bridgehead atoms. The summed E-state index contributed by atoms with van der Waals surface area (Å²) in [5.74, 6) is -1.05. The molecule has 4 nitrogen and oxygen atoms in total. The number of carboxylic acids is 1. The topological polar surface area (TPSA) is 58.6 Å². The Labute approximate surface area is 115 Å². The quantitative estimate of drug-likeness (QED) is 0.880. The summed E-state index contributed by atoms with van der Waals surface area (Å²) in [5.41, 5.74) is 1.15. The van der Waals surface area contributed by atoms with E-state index in [2.05, 4.69) is 5.32 Å². The zero-order valence-corrected chi connectivity index (χ0v) is 10.9. The molecule has 2 aromatic carbocycles. The molecule has 0 fully saturated rings. The zero-order chi connectivity index (χ0) is 14.5. The molecule has 2 N–H and O–H groups in total. The number of halogens is 1. The average molecular weight is 275 g/mol. The normalized spacial score (nSPS) is 10.1. The monoisotopic (exact) mass is 275 g/mol. The van der Waals surface area contributed by atoms with E-state index in [1.165, 1.54) is 12.1 Å². The molecule has 0 amide bonds. The number of carboxylic acid groups (broad SMARTS) is 1. The molecule has 0 radical (unpaired) electrons. The number of benzene rings is 2. The summed E-state index contributed by atoms with van der Waals surface area (Å²) < 4.78 is 18.3. The molecule has 0 saturated carbocycles. The summed E-state index contributed by atoms with van der Waals surface area (Å²) in [6, 6.07) is 11.0. The van der Waals surface area contributed by atoms with E-state index in [1.54, 1.807) is 7.11 Å². The highest BCUT2D eigenvalue weighted by Gasteiger charge is 2.11. The Balaban J connectivity index is 2.21. The van der Waals surface area contributed by atoms with Gasteiger partial charge in [-0.25, -0.2) is 9.18 Å². The van der Waals surface area contributed by atoms with Crippen molar-refractivity contribution in [3.8, 4) is 5.75 Å². The Kier molecular flexibility index (Phi) is 4.20. The van der Waals surface area contributed by atoms with Gasteiger partial charge in [-0.3, -0.25) is 0 Å². The van der Waals surface area contributed by atoms with Crippen LogP contribution in [-0.2, 0) is 6.54 Å². The summed E-state index contributed by atoms with van der Waals surface area (Å²) in [6.07, 6.45) is 0.